The third kappa shape index (κ3) is 4.18. The molecular formula is C20H18ClNO4. The zero-order chi connectivity index (χ0) is 18.5. The Hall–Kier alpha value is -2.92. The summed E-state index contributed by atoms with van der Waals surface area (Å²) < 4.78 is 16.1. The van der Waals surface area contributed by atoms with Crippen LogP contribution >= 0.6 is 11.6 Å². The topological polar surface area (TPSA) is 60.7 Å². The Labute approximate surface area is 156 Å². The van der Waals surface area contributed by atoms with Crippen molar-refractivity contribution in [2.45, 2.75) is 6.54 Å². The first kappa shape index (κ1) is 17.9. The van der Waals surface area contributed by atoms with Gasteiger partial charge in [0.2, 0.25) is 0 Å². The number of hydrogen-bond acceptors (Lipinski definition) is 4. The maximum absolute atomic E-state index is 12.4. The summed E-state index contributed by atoms with van der Waals surface area (Å²) >= 11 is 5.89. The quantitative estimate of drug-likeness (QED) is 0.690. The Morgan fingerprint density at radius 3 is 2.27 bits per heavy atom. The molecule has 3 aromatic rings. The van der Waals surface area contributed by atoms with Crippen molar-refractivity contribution in [3.63, 3.8) is 0 Å². The molecule has 3 rings (SSSR count). The van der Waals surface area contributed by atoms with Crippen molar-refractivity contribution in [3.05, 3.63) is 70.9 Å². The van der Waals surface area contributed by atoms with Gasteiger partial charge in [0, 0.05) is 22.2 Å². The first-order chi connectivity index (χ1) is 12.6. The zero-order valence-electron chi connectivity index (χ0n) is 14.4. The first-order valence-corrected chi connectivity index (χ1v) is 8.33. The highest BCUT2D eigenvalue weighted by Crippen LogP contribution is 2.24. The monoisotopic (exact) mass is 371 g/mol. The summed E-state index contributed by atoms with van der Waals surface area (Å²) in [6.07, 6.45) is 0. The number of ether oxygens (including phenoxy) is 2. The van der Waals surface area contributed by atoms with E-state index >= 15 is 0 Å². The third-order valence-electron chi connectivity index (χ3n) is 3.83. The van der Waals surface area contributed by atoms with Crippen molar-refractivity contribution >= 4 is 17.5 Å². The summed E-state index contributed by atoms with van der Waals surface area (Å²) in [6, 6.07) is 16.1. The molecule has 0 aliphatic heterocycles. The summed E-state index contributed by atoms with van der Waals surface area (Å²) in [5.74, 6) is 2.23. The highest BCUT2D eigenvalue weighted by molar-refractivity contribution is 6.30. The van der Waals surface area contributed by atoms with Gasteiger partial charge in [0.05, 0.1) is 20.8 Å². The van der Waals surface area contributed by atoms with Crippen molar-refractivity contribution in [2.24, 2.45) is 0 Å². The van der Waals surface area contributed by atoms with Gasteiger partial charge in [-0.1, -0.05) is 11.6 Å². The number of carbonyl (C=O) groups is 1. The van der Waals surface area contributed by atoms with E-state index in [0.29, 0.717) is 33.6 Å². The molecule has 1 amide bonds. The lowest BCUT2D eigenvalue weighted by atomic mass is 10.2. The van der Waals surface area contributed by atoms with E-state index in [-0.39, 0.29) is 12.5 Å². The predicted octanol–water partition coefficient (Wildman–Crippen LogP) is 4.55. The molecule has 0 saturated heterocycles. The normalized spacial score (nSPS) is 10.4. The number of methoxy groups -OCH3 is 2. The second-order valence-electron chi connectivity index (χ2n) is 5.56. The summed E-state index contributed by atoms with van der Waals surface area (Å²) in [5.41, 5.74) is 1.37. The van der Waals surface area contributed by atoms with Crippen LogP contribution in [0.25, 0.3) is 11.3 Å². The van der Waals surface area contributed by atoms with Crippen LogP contribution in [0.5, 0.6) is 11.5 Å². The fraction of sp³-hybridized carbons (Fsp3) is 0.150. The van der Waals surface area contributed by atoms with E-state index in [1.165, 1.54) is 14.2 Å². The first-order valence-electron chi connectivity index (χ1n) is 7.95. The van der Waals surface area contributed by atoms with Crippen LogP contribution in [0.4, 0.5) is 0 Å². The number of halogens is 1. The van der Waals surface area contributed by atoms with Gasteiger partial charge in [-0.05, 0) is 48.5 Å². The molecule has 0 saturated carbocycles. The van der Waals surface area contributed by atoms with Crippen LogP contribution in [0.2, 0.25) is 5.02 Å². The Bertz CT molecular complexity index is 880. The van der Waals surface area contributed by atoms with Gasteiger partial charge < -0.3 is 19.2 Å². The second kappa shape index (κ2) is 7.97. The van der Waals surface area contributed by atoms with Gasteiger partial charge in [0.25, 0.3) is 5.91 Å². The molecule has 0 aliphatic rings. The van der Waals surface area contributed by atoms with Crippen LogP contribution in [0, 0.1) is 0 Å². The number of benzene rings is 2. The molecule has 1 N–H and O–H groups in total. The van der Waals surface area contributed by atoms with Crippen LogP contribution in [0.1, 0.15) is 16.1 Å². The van der Waals surface area contributed by atoms with E-state index in [2.05, 4.69) is 5.32 Å². The highest BCUT2D eigenvalue weighted by atomic mass is 35.5. The second-order valence-corrected chi connectivity index (χ2v) is 5.99. The lowest BCUT2D eigenvalue weighted by Gasteiger charge is -2.08. The lowest BCUT2D eigenvalue weighted by molar-refractivity contribution is 0.0947. The van der Waals surface area contributed by atoms with Crippen molar-refractivity contribution in [3.8, 4) is 22.8 Å². The smallest absolute Gasteiger partial charge is 0.251 e. The van der Waals surface area contributed by atoms with Crippen molar-refractivity contribution in [1.29, 1.82) is 0 Å². The number of carbonyl (C=O) groups excluding carboxylic acids is 1. The van der Waals surface area contributed by atoms with Crippen LogP contribution in [-0.4, -0.2) is 20.1 Å². The van der Waals surface area contributed by atoms with Gasteiger partial charge in [0.15, 0.2) is 0 Å². The van der Waals surface area contributed by atoms with E-state index in [0.717, 1.165) is 5.56 Å². The molecule has 2 aromatic carbocycles. The summed E-state index contributed by atoms with van der Waals surface area (Å²) in [6.45, 7) is 0.270. The number of nitrogens with one attached hydrogen (secondary N) is 1. The van der Waals surface area contributed by atoms with Gasteiger partial charge in [-0.15, -0.1) is 0 Å². The Balaban J connectivity index is 1.67. The van der Waals surface area contributed by atoms with Gasteiger partial charge in [0.1, 0.15) is 23.0 Å². The number of hydrogen-bond donors (Lipinski definition) is 1. The summed E-state index contributed by atoms with van der Waals surface area (Å²) in [7, 11) is 3.08. The number of rotatable bonds is 6. The van der Waals surface area contributed by atoms with Crippen LogP contribution in [0.3, 0.4) is 0 Å². The molecule has 0 bridgehead atoms. The van der Waals surface area contributed by atoms with E-state index in [9.17, 15) is 4.79 Å². The van der Waals surface area contributed by atoms with Gasteiger partial charge in [-0.25, -0.2) is 0 Å². The maximum atomic E-state index is 12.4. The van der Waals surface area contributed by atoms with Gasteiger partial charge in [-0.2, -0.15) is 0 Å². The maximum Gasteiger partial charge on any atom is 0.251 e. The average Bonchev–Trinajstić information content (AvgIpc) is 3.15. The van der Waals surface area contributed by atoms with Crippen LogP contribution < -0.4 is 14.8 Å². The van der Waals surface area contributed by atoms with E-state index in [1.807, 2.05) is 24.3 Å². The largest absolute Gasteiger partial charge is 0.497 e. The van der Waals surface area contributed by atoms with Crippen LogP contribution in [0.15, 0.2) is 59.0 Å². The molecule has 1 aromatic heterocycles. The molecule has 0 fully saturated rings. The van der Waals surface area contributed by atoms with Gasteiger partial charge >= 0.3 is 0 Å². The molecule has 0 radical (unpaired) electrons. The molecule has 26 heavy (non-hydrogen) atoms. The van der Waals surface area contributed by atoms with Crippen LogP contribution in [-0.2, 0) is 6.54 Å². The Morgan fingerprint density at radius 2 is 1.65 bits per heavy atom. The Kier molecular flexibility index (Phi) is 5.49. The standard InChI is InChI=1S/C20H18ClNO4/c1-24-17-9-14(10-18(11-17)25-2)20(23)22-12-16-7-8-19(26-16)13-3-5-15(21)6-4-13/h3-11H,12H2,1-2H3,(H,22,23). The van der Waals surface area contributed by atoms with Crippen molar-refractivity contribution < 1.29 is 18.7 Å². The Morgan fingerprint density at radius 1 is 1.00 bits per heavy atom. The van der Waals surface area contributed by atoms with Gasteiger partial charge in [-0.3, -0.25) is 4.79 Å². The summed E-state index contributed by atoms with van der Waals surface area (Å²) in [5, 5.41) is 3.49. The van der Waals surface area contributed by atoms with Crippen molar-refractivity contribution in [2.75, 3.05) is 14.2 Å². The SMILES string of the molecule is COc1cc(OC)cc(C(=O)NCc2ccc(-c3ccc(Cl)cc3)o2)c1. The minimum atomic E-state index is -0.244. The van der Waals surface area contributed by atoms with E-state index < -0.39 is 0 Å². The molecule has 134 valence electrons. The number of amides is 1. The predicted molar refractivity (Wildman–Crippen MR) is 99.9 cm³/mol. The molecule has 0 unspecified atom stereocenters. The van der Waals surface area contributed by atoms with E-state index in [1.54, 1.807) is 30.3 Å². The molecule has 1 heterocycles. The molecule has 5 nitrogen and oxygen atoms in total. The minimum absolute atomic E-state index is 0.244. The molecular weight excluding hydrogens is 354 g/mol. The molecule has 6 heteroatoms. The fourth-order valence-corrected chi connectivity index (χ4v) is 2.58. The fourth-order valence-electron chi connectivity index (χ4n) is 2.45. The molecule has 0 atom stereocenters. The summed E-state index contributed by atoms with van der Waals surface area (Å²) in [4.78, 5) is 12.4. The average molecular weight is 372 g/mol. The minimum Gasteiger partial charge on any atom is -0.497 e. The van der Waals surface area contributed by atoms with Crippen molar-refractivity contribution in [1.82, 2.24) is 5.32 Å². The molecule has 0 spiro atoms. The third-order valence-corrected chi connectivity index (χ3v) is 4.08. The zero-order valence-corrected chi connectivity index (χ0v) is 15.2. The van der Waals surface area contributed by atoms with E-state index in [4.69, 9.17) is 25.5 Å². The highest BCUT2D eigenvalue weighted by Gasteiger charge is 2.11. The lowest BCUT2D eigenvalue weighted by Crippen LogP contribution is -2.22. The number of furan rings is 1. The molecule has 0 aliphatic carbocycles.